The van der Waals surface area contributed by atoms with Gasteiger partial charge in [-0.25, -0.2) is 9.78 Å². The summed E-state index contributed by atoms with van der Waals surface area (Å²) < 4.78 is 5.16. The van der Waals surface area contributed by atoms with Gasteiger partial charge in [-0.15, -0.1) is 11.3 Å². The van der Waals surface area contributed by atoms with Gasteiger partial charge in [-0.05, 0) is 34.4 Å². The van der Waals surface area contributed by atoms with Gasteiger partial charge in [-0.1, -0.05) is 108 Å². The topological polar surface area (TPSA) is 93.0 Å². The van der Waals surface area contributed by atoms with Crippen LogP contribution in [0.2, 0.25) is 0 Å². The van der Waals surface area contributed by atoms with Gasteiger partial charge in [0.2, 0.25) is 5.71 Å². The lowest BCUT2D eigenvalue weighted by molar-refractivity contribution is -0.129. The minimum absolute atomic E-state index is 0.106. The Morgan fingerprint density at radius 2 is 1.38 bits per heavy atom. The summed E-state index contributed by atoms with van der Waals surface area (Å²) in [4.78, 5) is 22.1. The van der Waals surface area contributed by atoms with E-state index in [1.165, 1.54) is 11.3 Å². The number of anilines is 1. The molecule has 0 unspecified atom stereocenters. The first kappa shape index (κ1) is 26.6. The highest BCUT2D eigenvalue weighted by molar-refractivity contribution is 7.14. The number of nitrogens with one attached hydrogen (secondary N) is 1. The monoisotopic (exact) mass is 549 g/mol. The van der Waals surface area contributed by atoms with Gasteiger partial charge < -0.3 is 20.0 Å². The van der Waals surface area contributed by atoms with E-state index in [2.05, 4.69) is 51.9 Å². The minimum Gasteiger partial charge on any atom is -0.497 e. The third kappa shape index (κ3) is 5.72. The largest absolute Gasteiger partial charge is 0.497 e. The van der Waals surface area contributed by atoms with Gasteiger partial charge in [-0.2, -0.15) is 0 Å². The van der Waals surface area contributed by atoms with Crippen molar-refractivity contribution in [3.63, 3.8) is 0 Å². The molecule has 7 nitrogen and oxygen atoms in total. The highest BCUT2D eigenvalue weighted by Gasteiger charge is 2.37. The summed E-state index contributed by atoms with van der Waals surface area (Å²) in [6.45, 7) is 0.106. The maximum atomic E-state index is 12.1. The second-order valence-corrected chi connectivity index (χ2v) is 9.74. The number of carboxylic acids is 1. The molecule has 0 fully saturated rings. The molecule has 0 atom stereocenters. The van der Waals surface area contributed by atoms with Gasteiger partial charge in [0.15, 0.2) is 5.13 Å². The van der Waals surface area contributed by atoms with Crippen LogP contribution in [0.15, 0.2) is 126 Å². The Labute approximate surface area is 236 Å². The Kier molecular flexibility index (Phi) is 8.18. The van der Waals surface area contributed by atoms with Crippen LogP contribution in [0.4, 0.5) is 5.13 Å². The molecular formula is C32H27N3O4S. The van der Waals surface area contributed by atoms with Crippen LogP contribution >= 0.6 is 11.3 Å². The lowest BCUT2D eigenvalue weighted by Crippen LogP contribution is -2.38. The van der Waals surface area contributed by atoms with Crippen molar-refractivity contribution in [2.45, 2.75) is 12.1 Å². The van der Waals surface area contributed by atoms with E-state index in [-0.39, 0.29) is 18.0 Å². The van der Waals surface area contributed by atoms with Crippen molar-refractivity contribution in [1.29, 1.82) is 0 Å². The van der Waals surface area contributed by atoms with Crippen LogP contribution in [0.5, 0.6) is 5.75 Å². The lowest BCUT2D eigenvalue weighted by atomic mass is 9.77. The fourth-order valence-corrected chi connectivity index (χ4v) is 5.22. The fourth-order valence-electron chi connectivity index (χ4n) is 4.47. The van der Waals surface area contributed by atoms with Crippen molar-refractivity contribution < 1.29 is 19.5 Å². The molecule has 0 aliphatic heterocycles. The highest BCUT2D eigenvalue weighted by Crippen LogP contribution is 2.40. The molecule has 8 heteroatoms. The van der Waals surface area contributed by atoms with Gasteiger partial charge >= 0.3 is 5.97 Å². The van der Waals surface area contributed by atoms with Crippen molar-refractivity contribution in [2.24, 2.45) is 5.16 Å². The Morgan fingerprint density at radius 3 is 1.85 bits per heavy atom. The molecule has 5 rings (SSSR count). The maximum Gasteiger partial charge on any atom is 0.360 e. The molecule has 0 bridgehead atoms. The molecule has 5 aromatic rings. The number of carbonyl (C=O) groups is 1. The molecule has 1 aromatic heterocycles. The number of aromatic nitrogens is 1. The number of aliphatic carboxylic acids is 1. The smallest absolute Gasteiger partial charge is 0.360 e. The summed E-state index contributed by atoms with van der Waals surface area (Å²) in [5.74, 6) is -0.509. The molecule has 200 valence electrons. The second-order valence-electron chi connectivity index (χ2n) is 8.88. The molecule has 0 amide bonds. The molecule has 0 aliphatic rings. The predicted octanol–water partition coefficient (Wildman–Crippen LogP) is 6.56. The van der Waals surface area contributed by atoms with Crippen molar-refractivity contribution in [1.82, 2.24) is 4.98 Å². The van der Waals surface area contributed by atoms with E-state index < -0.39 is 11.5 Å². The molecule has 0 saturated carbocycles. The standard InChI is InChI=1S/C32H27N3O4S/c1-38-27-19-17-23(18-20-27)21-39-35-29(30(36)37)28-22-40-31(33-28)34-32(24-11-5-2-6-12-24,25-13-7-3-8-14-25)26-15-9-4-10-16-26/h2-20,22H,21H2,1H3,(H,33,34)(H,36,37)/b35-29+. The summed E-state index contributed by atoms with van der Waals surface area (Å²) in [6, 6.07) is 37.6. The summed E-state index contributed by atoms with van der Waals surface area (Å²) in [5.41, 5.74) is 3.01. The Balaban J connectivity index is 1.49. The SMILES string of the molecule is COc1ccc(CO/N=C(/C(=O)O)c2csc(NC(c3ccccc3)(c3ccccc3)c3ccccc3)n2)cc1. The van der Waals surface area contributed by atoms with Gasteiger partial charge in [0.05, 0.1) is 7.11 Å². The number of hydrogen-bond acceptors (Lipinski definition) is 7. The average Bonchev–Trinajstić information content (AvgIpc) is 3.47. The first-order valence-electron chi connectivity index (χ1n) is 12.6. The lowest BCUT2D eigenvalue weighted by Gasteiger charge is -2.36. The third-order valence-electron chi connectivity index (χ3n) is 6.41. The number of ether oxygens (including phenoxy) is 1. The van der Waals surface area contributed by atoms with Crippen molar-refractivity contribution in [2.75, 3.05) is 12.4 Å². The number of carboxylic acid groups (broad SMARTS) is 1. The summed E-state index contributed by atoms with van der Waals surface area (Å²) >= 11 is 1.30. The molecule has 0 saturated heterocycles. The number of hydrogen-bond donors (Lipinski definition) is 2. The van der Waals surface area contributed by atoms with Gasteiger partial charge in [-0.3, -0.25) is 0 Å². The minimum atomic E-state index is -1.23. The average molecular weight is 550 g/mol. The van der Waals surface area contributed by atoms with Crippen molar-refractivity contribution in [3.05, 3.63) is 149 Å². The number of rotatable bonds is 11. The molecule has 0 aliphatic carbocycles. The predicted molar refractivity (Wildman–Crippen MR) is 157 cm³/mol. The highest BCUT2D eigenvalue weighted by atomic mass is 32.1. The zero-order chi connectivity index (χ0) is 27.8. The molecule has 1 heterocycles. The van der Waals surface area contributed by atoms with E-state index in [4.69, 9.17) is 9.57 Å². The summed E-state index contributed by atoms with van der Waals surface area (Å²) in [5, 5.41) is 19.7. The van der Waals surface area contributed by atoms with Crippen LogP contribution in [0, 0.1) is 0 Å². The Hall–Kier alpha value is -4.95. The van der Waals surface area contributed by atoms with E-state index in [0.717, 1.165) is 28.0 Å². The molecule has 40 heavy (non-hydrogen) atoms. The number of benzene rings is 4. The van der Waals surface area contributed by atoms with Crippen LogP contribution in [0.25, 0.3) is 0 Å². The van der Waals surface area contributed by atoms with Gasteiger partial charge in [0.1, 0.15) is 23.6 Å². The zero-order valence-corrected chi connectivity index (χ0v) is 22.5. The first-order chi connectivity index (χ1) is 19.6. The quantitative estimate of drug-likeness (QED) is 0.110. The van der Waals surface area contributed by atoms with Crippen LogP contribution in [0.3, 0.4) is 0 Å². The van der Waals surface area contributed by atoms with Crippen LogP contribution in [-0.2, 0) is 21.8 Å². The van der Waals surface area contributed by atoms with Crippen LogP contribution < -0.4 is 10.1 Å². The first-order valence-corrected chi connectivity index (χ1v) is 13.4. The molecule has 4 aromatic carbocycles. The van der Waals surface area contributed by atoms with Gasteiger partial charge in [0, 0.05) is 5.38 Å². The number of thiazole rings is 1. The van der Waals surface area contributed by atoms with E-state index in [9.17, 15) is 9.90 Å². The third-order valence-corrected chi connectivity index (χ3v) is 7.17. The van der Waals surface area contributed by atoms with E-state index in [0.29, 0.717) is 5.13 Å². The number of methoxy groups -OCH3 is 1. The fraction of sp³-hybridized carbons (Fsp3) is 0.0938. The molecule has 2 N–H and O–H groups in total. The molecule has 0 spiro atoms. The van der Waals surface area contributed by atoms with Crippen LogP contribution in [0.1, 0.15) is 27.9 Å². The van der Waals surface area contributed by atoms with E-state index in [1.807, 2.05) is 66.7 Å². The normalized spacial score (nSPS) is 11.6. The van der Waals surface area contributed by atoms with Crippen molar-refractivity contribution in [3.8, 4) is 5.75 Å². The number of nitrogens with zero attached hydrogens (tertiary/aromatic N) is 2. The Morgan fingerprint density at radius 1 is 0.850 bits per heavy atom. The molecule has 0 radical (unpaired) electrons. The second kappa shape index (κ2) is 12.3. The van der Waals surface area contributed by atoms with Gasteiger partial charge in [0.25, 0.3) is 0 Å². The molecular weight excluding hydrogens is 522 g/mol. The van der Waals surface area contributed by atoms with E-state index >= 15 is 0 Å². The van der Waals surface area contributed by atoms with Crippen LogP contribution in [-0.4, -0.2) is 28.9 Å². The number of oxime groups is 1. The summed E-state index contributed by atoms with van der Waals surface area (Å²) in [7, 11) is 1.59. The van der Waals surface area contributed by atoms with E-state index in [1.54, 1.807) is 24.6 Å². The Bertz CT molecular complexity index is 1470. The maximum absolute atomic E-state index is 12.1. The summed E-state index contributed by atoms with van der Waals surface area (Å²) in [6.07, 6.45) is 0. The van der Waals surface area contributed by atoms with Crippen molar-refractivity contribution >= 4 is 28.1 Å². The zero-order valence-electron chi connectivity index (χ0n) is 21.7.